The van der Waals surface area contributed by atoms with Crippen molar-refractivity contribution in [2.45, 2.75) is 76.5 Å². The summed E-state index contributed by atoms with van der Waals surface area (Å²) < 4.78 is 85.7. The summed E-state index contributed by atoms with van der Waals surface area (Å²) in [6.07, 6.45) is -1.27. The minimum atomic E-state index is -4.91. The van der Waals surface area contributed by atoms with Gasteiger partial charge in [0.25, 0.3) is 0 Å². The van der Waals surface area contributed by atoms with Gasteiger partial charge in [-0.15, -0.1) is 6.58 Å². The first kappa shape index (κ1) is 26.3. The number of hydrogen-bond donors (Lipinski definition) is 1. The van der Waals surface area contributed by atoms with Crippen LogP contribution in [0.2, 0.25) is 0 Å². The summed E-state index contributed by atoms with van der Waals surface area (Å²) in [4.78, 5) is 0. The average Bonchev–Trinajstić information content (AvgIpc) is 2.79. The maximum Gasteiger partial charge on any atom is 0.419 e. The Morgan fingerprint density at radius 1 is 0.941 bits per heavy atom. The van der Waals surface area contributed by atoms with Crippen molar-refractivity contribution in [3.05, 3.63) is 82.2 Å². The summed E-state index contributed by atoms with van der Waals surface area (Å²) in [6, 6.07) is 5.18. The number of aliphatic hydroxyl groups is 1. The van der Waals surface area contributed by atoms with E-state index in [1.807, 2.05) is 6.08 Å². The van der Waals surface area contributed by atoms with Gasteiger partial charge in [0, 0.05) is 5.56 Å². The highest BCUT2D eigenvalue weighted by atomic mass is 19.4. The van der Waals surface area contributed by atoms with Crippen LogP contribution in [-0.4, -0.2) is 5.11 Å². The van der Waals surface area contributed by atoms with E-state index in [0.29, 0.717) is 25.2 Å². The van der Waals surface area contributed by atoms with Gasteiger partial charge in [-0.05, 0) is 73.5 Å². The van der Waals surface area contributed by atoms with Crippen LogP contribution in [0.25, 0.3) is 0 Å². The minimum absolute atomic E-state index is 0.0603. The summed E-state index contributed by atoms with van der Waals surface area (Å²) in [5.41, 5.74) is -1.86. The predicted octanol–water partition coefficient (Wildman–Crippen LogP) is 8.20. The van der Waals surface area contributed by atoms with Gasteiger partial charge in [0.2, 0.25) is 0 Å². The lowest BCUT2D eigenvalue weighted by atomic mass is 9.78. The molecule has 2 aromatic rings. The molecule has 1 fully saturated rings. The molecule has 1 aliphatic carbocycles. The van der Waals surface area contributed by atoms with Gasteiger partial charge >= 0.3 is 6.18 Å². The highest BCUT2D eigenvalue weighted by molar-refractivity contribution is 5.39. The molecule has 7 heteroatoms. The lowest BCUT2D eigenvalue weighted by molar-refractivity contribution is -0.140. The van der Waals surface area contributed by atoms with Gasteiger partial charge < -0.3 is 5.11 Å². The Morgan fingerprint density at radius 2 is 1.56 bits per heavy atom. The summed E-state index contributed by atoms with van der Waals surface area (Å²) in [5, 5.41) is 9.96. The van der Waals surface area contributed by atoms with Crippen molar-refractivity contribution in [2.24, 2.45) is 5.92 Å². The molecule has 2 aromatic carbocycles. The number of aliphatic hydroxyl groups excluding tert-OH is 1. The van der Waals surface area contributed by atoms with E-state index in [0.717, 1.165) is 12.8 Å². The van der Waals surface area contributed by atoms with Gasteiger partial charge in [0.05, 0.1) is 11.7 Å². The number of halogens is 6. The Balaban J connectivity index is 1.86. The zero-order valence-corrected chi connectivity index (χ0v) is 19.2. The second kappa shape index (κ2) is 11.0. The fourth-order valence-corrected chi connectivity index (χ4v) is 4.88. The van der Waals surface area contributed by atoms with Crippen molar-refractivity contribution in [2.75, 3.05) is 0 Å². The Kier molecular flexibility index (Phi) is 8.50. The lowest BCUT2D eigenvalue weighted by Gasteiger charge is -2.28. The average molecular weight is 485 g/mol. The molecule has 0 aliphatic heterocycles. The van der Waals surface area contributed by atoms with E-state index in [2.05, 4.69) is 6.58 Å². The topological polar surface area (TPSA) is 20.2 Å². The summed E-state index contributed by atoms with van der Waals surface area (Å²) in [5.74, 6) is -3.66. The molecule has 1 aliphatic rings. The number of hydrogen-bond acceptors (Lipinski definition) is 1. The third-order valence-electron chi connectivity index (χ3n) is 6.86. The fraction of sp³-hybridized carbons (Fsp3) is 0.481. The first-order valence-corrected chi connectivity index (χ1v) is 11.7. The monoisotopic (exact) mass is 484 g/mol. The van der Waals surface area contributed by atoms with Gasteiger partial charge in [-0.2, -0.15) is 13.2 Å². The SMILES string of the molecule is C=CC1CCC(c2ccc(CCc3ccc(C(O)CCC)c(F)c3F)c(C(F)(F)F)c2F)CC1. The van der Waals surface area contributed by atoms with Crippen molar-refractivity contribution in [3.8, 4) is 0 Å². The van der Waals surface area contributed by atoms with E-state index in [9.17, 15) is 27.1 Å². The number of benzene rings is 2. The van der Waals surface area contributed by atoms with Crippen LogP contribution in [0.15, 0.2) is 36.9 Å². The van der Waals surface area contributed by atoms with Crippen LogP contribution in [0.5, 0.6) is 0 Å². The number of aryl methyl sites for hydroxylation is 2. The first-order valence-electron chi connectivity index (χ1n) is 11.7. The standard InChI is InChI=1S/C27H30F6O/c1-3-5-22(34)21-15-13-19(24(28)26(21)30)11-10-18-12-14-20(25(29)23(18)27(31,32)33)17-8-6-16(4-2)7-9-17/h4,12-17,22,34H,2-3,5-11H2,1H3. The molecular formula is C27H30F6O. The fourth-order valence-electron chi connectivity index (χ4n) is 4.88. The van der Waals surface area contributed by atoms with Crippen molar-refractivity contribution < 1.29 is 31.4 Å². The van der Waals surface area contributed by atoms with E-state index >= 15 is 4.39 Å². The largest absolute Gasteiger partial charge is 0.419 e. The Labute approximate surface area is 196 Å². The summed E-state index contributed by atoms with van der Waals surface area (Å²) in [7, 11) is 0. The maximum atomic E-state index is 15.2. The molecule has 1 N–H and O–H groups in total. The molecule has 34 heavy (non-hydrogen) atoms. The van der Waals surface area contributed by atoms with E-state index in [1.165, 1.54) is 24.3 Å². The molecule has 186 valence electrons. The lowest BCUT2D eigenvalue weighted by Crippen LogP contribution is -2.18. The molecule has 3 rings (SSSR count). The second-order valence-corrected chi connectivity index (χ2v) is 9.09. The molecule has 1 saturated carbocycles. The Bertz CT molecular complexity index is 1010. The van der Waals surface area contributed by atoms with Crippen molar-refractivity contribution in [1.29, 1.82) is 0 Å². The third kappa shape index (κ3) is 5.68. The molecule has 0 aromatic heterocycles. The normalized spacial score (nSPS) is 19.8. The quantitative estimate of drug-likeness (QED) is 0.296. The predicted molar refractivity (Wildman–Crippen MR) is 120 cm³/mol. The van der Waals surface area contributed by atoms with Crippen molar-refractivity contribution in [1.82, 2.24) is 0 Å². The van der Waals surface area contributed by atoms with Crippen molar-refractivity contribution in [3.63, 3.8) is 0 Å². The highest BCUT2D eigenvalue weighted by Gasteiger charge is 2.39. The van der Waals surface area contributed by atoms with Gasteiger partial charge in [-0.25, -0.2) is 13.2 Å². The molecular weight excluding hydrogens is 454 g/mol. The second-order valence-electron chi connectivity index (χ2n) is 9.09. The zero-order chi connectivity index (χ0) is 25.0. The molecule has 1 nitrogen and oxygen atoms in total. The molecule has 1 unspecified atom stereocenters. The van der Waals surface area contributed by atoms with Gasteiger partial charge in [0.15, 0.2) is 11.6 Å². The zero-order valence-electron chi connectivity index (χ0n) is 19.2. The van der Waals surface area contributed by atoms with Gasteiger partial charge in [-0.1, -0.05) is 43.7 Å². The summed E-state index contributed by atoms with van der Waals surface area (Å²) >= 11 is 0. The van der Waals surface area contributed by atoms with Crippen LogP contribution in [0.3, 0.4) is 0 Å². The maximum absolute atomic E-state index is 15.2. The molecule has 0 radical (unpaired) electrons. The van der Waals surface area contributed by atoms with Crippen LogP contribution in [0.1, 0.15) is 85.3 Å². The Morgan fingerprint density at radius 3 is 2.15 bits per heavy atom. The van der Waals surface area contributed by atoms with Crippen LogP contribution in [-0.2, 0) is 19.0 Å². The van der Waals surface area contributed by atoms with Crippen LogP contribution < -0.4 is 0 Å². The van der Waals surface area contributed by atoms with E-state index in [1.54, 1.807) is 6.92 Å². The number of alkyl halides is 3. The smallest absolute Gasteiger partial charge is 0.388 e. The Hall–Kier alpha value is -2.28. The van der Waals surface area contributed by atoms with Crippen LogP contribution >= 0.6 is 0 Å². The first-order chi connectivity index (χ1) is 16.1. The van der Waals surface area contributed by atoms with E-state index < -0.39 is 35.3 Å². The van der Waals surface area contributed by atoms with Crippen molar-refractivity contribution >= 4 is 0 Å². The van der Waals surface area contributed by atoms with Crippen LogP contribution in [0.4, 0.5) is 26.3 Å². The van der Waals surface area contributed by atoms with E-state index in [-0.39, 0.29) is 47.4 Å². The molecule has 0 saturated heterocycles. The van der Waals surface area contributed by atoms with Crippen LogP contribution in [0, 0.1) is 23.4 Å². The van der Waals surface area contributed by atoms with E-state index in [4.69, 9.17) is 0 Å². The number of rotatable bonds is 8. The third-order valence-corrected chi connectivity index (χ3v) is 6.86. The number of allylic oxidation sites excluding steroid dienone is 1. The molecule has 0 heterocycles. The molecule has 0 amide bonds. The molecule has 0 bridgehead atoms. The van der Waals surface area contributed by atoms with Gasteiger partial charge in [-0.3, -0.25) is 0 Å². The molecule has 0 spiro atoms. The highest BCUT2D eigenvalue weighted by Crippen LogP contribution is 2.42. The summed E-state index contributed by atoms with van der Waals surface area (Å²) in [6.45, 7) is 5.54. The minimum Gasteiger partial charge on any atom is -0.388 e. The van der Waals surface area contributed by atoms with Gasteiger partial charge in [0.1, 0.15) is 5.82 Å². The molecule has 1 atom stereocenters.